The highest BCUT2D eigenvalue weighted by Crippen LogP contribution is 2.29. The Morgan fingerprint density at radius 3 is 3.06 bits per heavy atom. The van der Waals surface area contributed by atoms with Crippen molar-refractivity contribution >= 4 is 16.8 Å². The minimum absolute atomic E-state index is 0.00185. The van der Waals surface area contributed by atoms with Crippen LogP contribution in [-0.2, 0) is 4.74 Å². The van der Waals surface area contributed by atoms with Gasteiger partial charge in [0.25, 0.3) is 5.91 Å². The first-order chi connectivity index (χ1) is 17.0. The number of fused-ring (bicyclic) bond motifs is 1. The molecule has 2 atom stereocenters. The maximum atomic E-state index is 14.6. The summed E-state index contributed by atoms with van der Waals surface area (Å²) in [7, 11) is 1.58. The lowest BCUT2D eigenvalue weighted by Gasteiger charge is -2.34. The number of carbonyl (C=O) groups is 1. The fraction of sp³-hybridized carbons (Fsp3) is 0.370. The first-order valence-electron chi connectivity index (χ1n) is 12.0. The number of piperidine rings is 1. The van der Waals surface area contributed by atoms with Crippen LogP contribution in [0, 0.1) is 6.92 Å². The summed E-state index contributed by atoms with van der Waals surface area (Å²) in [4.78, 5) is 19.5. The molecule has 1 aromatic carbocycles. The number of allylic oxidation sites excluding steroid dienone is 2. The van der Waals surface area contributed by atoms with Gasteiger partial charge in [-0.2, -0.15) is 5.10 Å². The largest absolute Gasteiger partial charge is 0.497 e. The van der Waals surface area contributed by atoms with Crippen molar-refractivity contribution < 1.29 is 13.9 Å². The number of amides is 1. The number of likely N-dealkylation sites (tertiary alicyclic amines) is 1. The van der Waals surface area contributed by atoms with E-state index in [0.717, 1.165) is 47.1 Å². The molecule has 35 heavy (non-hydrogen) atoms. The van der Waals surface area contributed by atoms with E-state index in [4.69, 9.17) is 4.74 Å². The SMILES string of the molecule is COC1=C(CN2CCCC(NC(=O)c3ccc4[nH]nc(-c5ccncc5C)c4c3)C2)C(F)CC=C1. The van der Waals surface area contributed by atoms with Gasteiger partial charge in [0.1, 0.15) is 17.6 Å². The third kappa shape index (κ3) is 4.84. The molecular formula is C27H30FN5O2. The number of benzene rings is 1. The highest BCUT2D eigenvalue weighted by Gasteiger charge is 2.27. The van der Waals surface area contributed by atoms with Crippen molar-refractivity contribution in [2.24, 2.45) is 0 Å². The fourth-order valence-corrected chi connectivity index (χ4v) is 5.00. The molecule has 3 heterocycles. The number of nitrogens with one attached hydrogen (secondary N) is 2. The minimum atomic E-state index is -1.02. The van der Waals surface area contributed by atoms with Gasteiger partial charge in [0.2, 0.25) is 0 Å². The summed E-state index contributed by atoms with van der Waals surface area (Å²) in [5, 5.41) is 11.6. The predicted octanol–water partition coefficient (Wildman–Crippen LogP) is 4.33. The third-order valence-corrected chi connectivity index (χ3v) is 6.86. The van der Waals surface area contributed by atoms with Crippen molar-refractivity contribution in [3.8, 4) is 11.3 Å². The summed E-state index contributed by atoms with van der Waals surface area (Å²) in [6, 6.07) is 7.53. The number of aromatic nitrogens is 3. The average molecular weight is 476 g/mol. The highest BCUT2D eigenvalue weighted by molar-refractivity contribution is 6.01. The summed E-state index contributed by atoms with van der Waals surface area (Å²) in [5.41, 5.74) is 4.97. The predicted molar refractivity (Wildman–Crippen MR) is 134 cm³/mol. The van der Waals surface area contributed by atoms with Crippen molar-refractivity contribution in [2.45, 2.75) is 38.4 Å². The van der Waals surface area contributed by atoms with Gasteiger partial charge in [-0.1, -0.05) is 6.08 Å². The molecule has 5 rings (SSSR count). The molecule has 1 amide bonds. The van der Waals surface area contributed by atoms with Gasteiger partial charge < -0.3 is 10.1 Å². The summed E-state index contributed by atoms with van der Waals surface area (Å²) < 4.78 is 19.9. The number of nitrogens with zero attached hydrogens (tertiary/aromatic N) is 3. The zero-order chi connectivity index (χ0) is 24.4. The zero-order valence-corrected chi connectivity index (χ0v) is 20.1. The lowest BCUT2D eigenvalue weighted by molar-refractivity contribution is 0.0905. The first-order valence-corrected chi connectivity index (χ1v) is 12.0. The van der Waals surface area contributed by atoms with E-state index in [1.165, 1.54) is 0 Å². The van der Waals surface area contributed by atoms with Crippen LogP contribution in [0.25, 0.3) is 22.2 Å². The van der Waals surface area contributed by atoms with Gasteiger partial charge in [0, 0.05) is 60.0 Å². The lowest BCUT2D eigenvalue weighted by Crippen LogP contribution is -2.48. The van der Waals surface area contributed by atoms with Crippen LogP contribution < -0.4 is 5.32 Å². The van der Waals surface area contributed by atoms with Gasteiger partial charge in [0.15, 0.2) is 0 Å². The maximum Gasteiger partial charge on any atom is 0.251 e. The van der Waals surface area contributed by atoms with Crippen molar-refractivity contribution in [2.75, 3.05) is 26.7 Å². The number of rotatable bonds is 6. The van der Waals surface area contributed by atoms with E-state index in [2.05, 4.69) is 25.4 Å². The summed E-state index contributed by atoms with van der Waals surface area (Å²) in [6.07, 6.45) is 8.41. The van der Waals surface area contributed by atoms with Crippen LogP contribution in [0.15, 0.2) is 60.1 Å². The van der Waals surface area contributed by atoms with Gasteiger partial charge >= 0.3 is 0 Å². The van der Waals surface area contributed by atoms with E-state index in [1.54, 1.807) is 13.3 Å². The van der Waals surface area contributed by atoms with Crippen LogP contribution in [-0.4, -0.2) is 64.9 Å². The maximum absolute atomic E-state index is 14.6. The van der Waals surface area contributed by atoms with Crippen LogP contribution in [0.4, 0.5) is 4.39 Å². The molecule has 0 spiro atoms. The standard InChI is InChI=1S/C27H30FN5O2/c1-17-14-29-11-10-20(17)26-21-13-18(8-9-24(21)31-32-26)27(34)30-19-5-4-12-33(15-19)16-22-23(28)6-3-7-25(22)35-2/h3,7-11,13-14,19,23H,4-6,12,15-16H2,1-2H3,(H,30,34)(H,31,32). The fourth-order valence-electron chi connectivity index (χ4n) is 5.00. The van der Waals surface area contributed by atoms with Gasteiger partial charge in [-0.25, -0.2) is 4.39 Å². The Bertz CT molecular complexity index is 1300. The molecule has 1 aliphatic heterocycles. The number of H-pyrrole nitrogens is 1. The number of aryl methyl sites for hydroxylation is 1. The van der Waals surface area contributed by atoms with Crippen LogP contribution in [0.5, 0.6) is 0 Å². The van der Waals surface area contributed by atoms with Crippen LogP contribution in [0.2, 0.25) is 0 Å². The molecule has 1 saturated heterocycles. The quantitative estimate of drug-likeness (QED) is 0.555. The van der Waals surface area contributed by atoms with E-state index >= 15 is 0 Å². The second-order valence-corrected chi connectivity index (χ2v) is 9.27. The van der Waals surface area contributed by atoms with E-state index < -0.39 is 6.17 Å². The Morgan fingerprint density at radius 1 is 1.34 bits per heavy atom. The number of aromatic amines is 1. The number of alkyl halides is 1. The van der Waals surface area contributed by atoms with Gasteiger partial charge in [-0.05, 0) is 62.2 Å². The summed E-state index contributed by atoms with van der Waals surface area (Å²) in [6.45, 7) is 4.06. The molecule has 2 aromatic heterocycles. The molecule has 2 N–H and O–H groups in total. The molecule has 3 aromatic rings. The number of carbonyl (C=O) groups excluding carboxylic acids is 1. The molecule has 182 valence electrons. The van der Waals surface area contributed by atoms with Crippen molar-refractivity contribution in [1.29, 1.82) is 0 Å². The Labute approximate surface area is 204 Å². The van der Waals surface area contributed by atoms with E-state index in [9.17, 15) is 9.18 Å². The molecule has 1 fully saturated rings. The van der Waals surface area contributed by atoms with Crippen LogP contribution in [0.1, 0.15) is 35.2 Å². The molecule has 2 aliphatic rings. The monoisotopic (exact) mass is 475 g/mol. The number of methoxy groups -OCH3 is 1. The van der Waals surface area contributed by atoms with Gasteiger partial charge in [-0.15, -0.1) is 0 Å². The topological polar surface area (TPSA) is 83.1 Å². The van der Waals surface area contributed by atoms with Crippen LogP contribution in [0.3, 0.4) is 0 Å². The number of halogens is 1. The molecule has 7 nitrogen and oxygen atoms in total. The first kappa shape index (κ1) is 23.2. The second kappa shape index (κ2) is 10.00. The van der Waals surface area contributed by atoms with Gasteiger partial charge in [0.05, 0.1) is 12.6 Å². The number of ether oxygens (including phenoxy) is 1. The Morgan fingerprint density at radius 2 is 2.23 bits per heavy atom. The molecule has 0 bridgehead atoms. The number of hydrogen-bond acceptors (Lipinski definition) is 5. The number of pyridine rings is 1. The van der Waals surface area contributed by atoms with E-state index in [1.807, 2.05) is 49.5 Å². The van der Waals surface area contributed by atoms with E-state index in [0.29, 0.717) is 36.4 Å². The molecule has 0 radical (unpaired) electrons. The summed E-state index contributed by atoms with van der Waals surface area (Å²) in [5.74, 6) is 0.502. The normalized spacial score (nSPS) is 20.9. The van der Waals surface area contributed by atoms with E-state index in [-0.39, 0.29) is 11.9 Å². The number of hydrogen-bond donors (Lipinski definition) is 2. The minimum Gasteiger partial charge on any atom is -0.497 e. The molecule has 2 unspecified atom stereocenters. The molecule has 8 heteroatoms. The highest BCUT2D eigenvalue weighted by atomic mass is 19.1. The van der Waals surface area contributed by atoms with Crippen LogP contribution >= 0.6 is 0 Å². The third-order valence-electron chi connectivity index (χ3n) is 6.86. The smallest absolute Gasteiger partial charge is 0.251 e. The Hall–Kier alpha value is -3.52. The molecule has 1 aliphatic carbocycles. The van der Waals surface area contributed by atoms with Crippen molar-refractivity contribution in [3.63, 3.8) is 0 Å². The average Bonchev–Trinajstić information content (AvgIpc) is 3.29. The zero-order valence-electron chi connectivity index (χ0n) is 20.1. The van der Waals surface area contributed by atoms with Crippen molar-refractivity contribution in [1.82, 2.24) is 25.4 Å². The second-order valence-electron chi connectivity index (χ2n) is 9.27. The Kier molecular flexibility index (Phi) is 6.63. The summed E-state index contributed by atoms with van der Waals surface area (Å²) >= 11 is 0. The lowest BCUT2D eigenvalue weighted by atomic mass is 9.98. The molecule has 0 saturated carbocycles. The van der Waals surface area contributed by atoms with Gasteiger partial charge in [-0.3, -0.25) is 19.8 Å². The van der Waals surface area contributed by atoms with Crippen molar-refractivity contribution in [3.05, 3.63) is 71.3 Å². The Balaban J connectivity index is 1.30. The molecular weight excluding hydrogens is 445 g/mol.